The van der Waals surface area contributed by atoms with Crippen LogP contribution in [0.1, 0.15) is 28.8 Å². The highest BCUT2D eigenvalue weighted by Gasteiger charge is 2.31. The van der Waals surface area contributed by atoms with Gasteiger partial charge in [0.05, 0.1) is 11.3 Å². The van der Waals surface area contributed by atoms with Gasteiger partial charge in [-0.25, -0.2) is 13.8 Å². The lowest BCUT2D eigenvalue weighted by Crippen LogP contribution is -2.41. The second-order valence-electron chi connectivity index (χ2n) is 7.80. The zero-order valence-corrected chi connectivity index (χ0v) is 18.4. The monoisotopic (exact) mass is 495 g/mol. The summed E-state index contributed by atoms with van der Waals surface area (Å²) in [7, 11) is 0. The summed E-state index contributed by atoms with van der Waals surface area (Å²) in [5.74, 6) is -2.98. The van der Waals surface area contributed by atoms with Crippen molar-refractivity contribution < 1.29 is 31.5 Å². The van der Waals surface area contributed by atoms with Crippen LogP contribution in [0.25, 0.3) is 11.3 Å². The van der Waals surface area contributed by atoms with E-state index in [0.29, 0.717) is 29.2 Å². The fraction of sp³-hybridized carbons (Fsp3) is 0.261. The van der Waals surface area contributed by atoms with Crippen LogP contribution in [0.4, 0.5) is 27.1 Å². The van der Waals surface area contributed by atoms with Crippen LogP contribution in [0, 0.1) is 17.6 Å². The molecule has 0 aliphatic carbocycles. The zero-order chi connectivity index (χ0) is 24.5. The molecule has 0 spiro atoms. The molecule has 5 nitrogen and oxygen atoms in total. The first-order chi connectivity index (χ1) is 16.1. The van der Waals surface area contributed by atoms with Gasteiger partial charge in [-0.2, -0.15) is 13.2 Å². The van der Waals surface area contributed by atoms with Gasteiger partial charge < -0.3 is 10.2 Å². The maximum Gasteiger partial charge on any atom is 0.416 e. The first-order valence-corrected chi connectivity index (χ1v) is 11.2. The first-order valence-electron chi connectivity index (χ1n) is 10.3. The number of benzene rings is 2. The molecule has 1 fully saturated rings. The predicted octanol–water partition coefficient (Wildman–Crippen LogP) is 5.60. The summed E-state index contributed by atoms with van der Waals surface area (Å²) in [6, 6.07) is 7.46. The van der Waals surface area contributed by atoms with Crippen molar-refractivity contribution in [1.82, 2.24) is 9.88 Å². The smallest absolute Gasteiger partial charge is 0.339 e. The highest BCUT2D eigenvalue weighted by molar-refractivity contribution is 7.14. The first kappa shape index (κ1) is 23.8. The number of nitrogens with one attached hydrogen (secondary N) is 1. The molecule has 1 aliphatic heterocycles. The van der Waals surface area contributed by atoms with Crippen LogP contribution in [0.2, 0.25) is 0 Å². The van der Waals surface area contributed by atoms with Crippen molar-refractivity contribution >= 4 is 28.3 Å². The molecule has 0 radical (unpaired) electrons. The summed E-state index contributed by atoms with van der Waals surface area (Å²) >= 11 is 1.15. The van der Waals surface area contributed by atoms with E-state index in [4.69, 9.17) is 0 Å². The van der Waals surface area contributed by atoms with Gasteiger partial charge in [0.2, 0.25) is 5.91 Å². The van der Waals surface area contributed by atoms with Gasteiger partial charge in [-0.05, 0) is 55.3 Å². The van der Waals surface area contributed by atoms with E-state index in [9.17, 15) is 31.5 Å². The summed E-state index contributed by atoms with van der Waals surface area (Å²) in [4.78, 5) is 31.0. The summed E-state index contributed by atoms with van der Waals surface area (Å²) < 4.78 is 64.7. The zero-order valence-electron chi connectivity index (χ0n) is 17.5. The minimum absolute atomic E-state index is 0.156. The number of anilines is 1. The molecule has 1 saturated heterocycles. The summed E-state index contributed by atoms with van der Waals surface area (Å²) in [5, 5.41) is 4.65. The minimum Gasteiger partial charge on any atom is -0.339 e. The number of thiazole rings is 1. The Labute approximate surface area is 195 Å². The van der Waals surface area contributed by atoms with Gasteiger partial charge in [0, 0.05) is 35.5 Å². The number of carbonyl (C=O) groups excluding carboxylic acids is 2. The topological polar surface area (TPSA) is 62.3 Å². The summed E-state index contributed by atoms with van der Waals surface area (Å²) in [6.07, 6.45) is -3.69. The van der Waals surface area contributed by atoms with Crippen molar-refractivity contribution in [1.29, 1.82) is 0 Å². The van der Waals surface area contributed by atoms with E-state index < -0.39 is 23.4 Å². The van der Waals surface area contributed by atoms with Crippen molar-refractivity contribution in [3.63, 3.8) is 0 Å². The second kappa shape index (κ2) is 9.49. The van der Waals surface area contributed by atoms with Crippen LogP contribution in [-0.4, -0.2) is 34.8 Å². The maximum atomic E-state index is 13.4. The molecule has 178 valence electrons. The van der Waals surface area contributed by atoms with Crippen molar-refractivity contribution in [2.45, 2.75) is 19.0 Å². The number of rotatable bonds is 4. The van der Waals surface area contributed by atoms with Gasteiger partial charge in [0.25, 0.3) is 5.91 Å². The molecule has 11 heteroatoms. The number of carbonyl (C=O) groups is 2. The average molecular weight is 495 g/mol. The number of nitrogens with zero attached hydrogens (tertiary/aromatic N) is 2. The third-order valence-electron chi connectivity index (χ3n) is 5.56. The normalized spacial score (nSPS) is 14.8. The Morgan fingerprint density at radius 3 is 2.29 bits per heavy atom. The van der Waals surface area contributed by atoms with Crippen LogP contribution in [0.5, 0.6) is 0 Å². The molecular weight excluding hydrogens is 477 g/mol. The van der Waals surface area contributed by atoms with Crippen LogP contribution in [0.15, 0.2) is 47.8 Å². The van der Waals surface area contributed by atoms with E-state index >= 15 is 0 Å². The molecule has 0 bridgehead atoms. The van der Waals surface area contributed by atoms with Gasteiger partial charge in [0.1, 0.15) is 0 Å². The number of aromatic nitrogens is 1. The quantitative estimate of drug-likeness (QED) is 0.480. The Balaban J connectivity index is 1.32. The van der Waals surface area contributed by atoms with Crippen LogP contribution >= 0.6 is 11.3 Å². The van der Waals surface area contributed by atoms with Gasteiger partial charge in [0.15, 0.2) is 16.8 Å². The molecule has 1 aromatic heterocycles. The number of halogens is 5. The van der Waals surface area contributed by atoms with E-state index in [0.717, 1.165) is 47.7 Å². The van der Waals surface area contributed by atoms with Gasteiger partial charge in [-0.1, -0.05) is 0 Å². The number of hydrogen-bond donors (Lipinski definition) is 1. The van der Waals surface area contributed by atoms with Crippen molar-refractivity contribution in [2.24, 2.45) is 5.92 Å². The van der Waals surface area contributed by atoms with Crippen LogP contribution in [-0.2, 0) is 11.0 Å². The van der Waals surface area contributed by atoms with Crippen LogP contribution in [0.3, 0.4) is 0 Å². The highest BCUT2D eigenvalue weighted by Crippen LogP contribution is 2.30. The molecule has 34 heavy (non-hydrogen) atoms. The van der Waals surface area contributed by atoms with Gasteiger partial charge >= 0.3 is 6.18 Å². The number of likely N-dealkylation sites (tertiary alicyclic amines) is 1. The molecule has 0 saturated carbocycles. The summed E-state index contributed by atoms with van der Waals surface area (Å²) in [6.45, 7) is 0.575. The van der Waals surface area contributed by atoms with Crippen molar-refractivity contribution in [3.05, 3.63) is 70.6 Å². The molecule has 4 rings (SSSR count). The molecule has 2 aromatic carbocycles. The fourth-order valence-electron chi connectivity index (χ4n) is 3.66. The molecule has 1 N–H and O–H groups in total. The van der Waals surface area contributed by atoms with Crippen molar-refractivity contribution in [2.75, 3.05) is 18.4 Å². The number of hydrogen-bond acceptors (Lipinski definition) is 4. The SMILES string of the molecule is O=C(Nc1nc(-c2ccc(F)c(F)c2)cs1)C1CCN(C(=O)c2ccc(C(F)(F)F)cc2)CC1. The molecule has 2 amide bonds. The Hall–Kier alpha value is -3.34. The number of amides is 2. The third kappa shape index (κ3) is 5.24. The fourth-order valence-corrected chi connectivity index (χ4v) is 4.38. The highest BCUT2D eigenvalue weighted by atomic mass is 32.1. The Kier molecular flexibility index (Phi) is 6.65. The minimum atomic E-state index is -4.47. The maximum absolute atomic E-state index is 13.4. The van der Waals surface area contributed by atoms with E-state index in [1.165, 1.54) is 11.0 Å². The Morgan fingerprint density at radius 1 is 1.00 bits per heavy atom. The predicted molar refractivity (Wildman–Crippen MR) is 116 cm³/mol. The Morgan fingerprint density at radius 2 is 1.68 bits per heavy atom. The lowest BCUT2D eigenvalue weighted by molar-refractivity contribution is -0.137. The molecule has 0 unspecified atom stereocenters. The number of alkyl halides is 3. The van der Waals surface area contributed by atoms with Gasteiger partial charge in [-0.3, -0.25) is 9.59 Å². The largest absolute Gasteiger partial charge is 0.416 e. The second-order valence-corrected chi connectivity index (χ2v) is 8.66. The van der Waals surface area contributed by atoms with Crippen LogP contribution < -0.4 is 5.32 Å². The summed E-state index contributed by atoms with van der Waals surface area (Å²) in [5.41, 5.74) is 0.111. The lowest BCUT2D eigenvalue weighted by atomic mass is 9.95. The molecule has 2 heterocycles. The van der Waals surface area contributed by atoms with E-state index in [1.54, 1.807) is 5.38 Å². The average Bonchev–Trinajstić information content (AvgIpc) is 3.28. The molecule has 3 aromatic rings. The van der Waals surface area contributed by atoms with E-state index in [2.05, 4.69) is 10.3 Å². The molecule has 0 atom stereocenters. The molecular formula is C23H18F5N3O2S. The number of piperidine rings is 1. The van der Waals surface area contributed by atoms with E-state index in [1.807, 2.05) is 0 Å². The standard InChI is InChI=1S/C23H18F5N3O2S/c24-17-6-3-15(11-18(17)25)19-12-34-22(29-19)30-20(32)13-7-9-31(10-8-13)21(33)14-1-4-16(5-2-14)23(26,27)28/h1-6,11-13H,7-10H2,(H,29,30,32). The van der Waals surface area contributed by atoms with Gasteiger partial charge in [-0.15, -0.1) is 11.3 Å². The van der Waals surface area contributed by atoms with Crippen molar-refractivity contribution in [3.8, 4) is 11.3 Å². The van der Waals surface area contributed by atoms with E-state index in [-0.39, 0.29) is 36.4 Å². The molecule has 1 aliphatic rings. The Bertz CT molecular complexity index is 1200. The third-order valence-corrected chi connectivity index (χ3v) is 6.32. The lowest BCUT2D eigenvalue weighted by Gasteiger charge is -2.31.